The molecule has 1 saturated carbocycles. The van der Waals surface area contributed by atoms with Crippen LogP contribution in [0.1, 0.15) is 12.8 Å². The molecule has 2 aromatic rings. The molecule has 1 heterocycles. The number of nitrogens with two attached hydrogens (primary N) is 1. The van der Waals surface area contributed by atoms with Gasteiger partial charge in [-0.2, -0.15) is 5.10 Å². The van der Waals surface area contributed by atoms with Gasteiger partial charge in [-0.05, 0) is 24.8 Å². The molecular formula is C13H14ClN3O. The van der Waals surface area contributed by atoms with E-state index in [9.17, 15) is 0 Å². The molecule has 0 atom stereocenters. The Hall–Kier alpha value is -1.68. The molecule has 0 spiro atoms. The van der Waals surface area contributed by atoms with Gasteiger partial charge in [0.15, 0.2) is 0 Å². The molecule has 1 aromatic carbocycles. The zero-order valence-corrected chi connectivity index (χ0v) is 10.6. The summed E-state index contributed by atoms with van der Waals surface area (Å²) in [6, 6.07) is 5.70. The number of benzene rings is 1. The first-order valence-electron chi connectivity index (χ1n) is 5.96. The first-order chi connectivity index (χ1) is 8.75. The van der Waals surface area contributed by atoms with Gasteiger partial charge < -0.3 is 10.5 Å². The lowest BCUT2D eigenvalue weighted by atomic mass is 10.1. The molecule has 3 N–H and O–H groups in total. The Bertz CT molecular complexity index is 563. The zero-order valence-electron chi connectivity index (χ0n) is 9.82. The molecule has 0 saturated heterocycles. The van der Waals surface area contributed by atoms with Gasteiger partial charge in [-0.15, -0.1) is 0 Å². The van der Waals surface area contributed by atoms with Crippen LogP contribution in [-0.2, 0) is 0 Å². The van der Waals surface area contributed by atoms with Crippen molar-refractivity contribution in [3.63, 3.8) is 0 Å². The van der Waals surface area contributed by atoms with Crippen LogP contribution in [0.25, 0.3) is 11.1 Å². The Kier molecular flexibility index (Phi) is 2.88. The number of hydrogen-bond donors (Lipinski definition) is 2. The van der Waals surface area contributed by atoms with E-state index in [1.54, 1.807) is 6.20 Å². The van der Waals surface area contributed by atoms with E-state index in [0.29, 0.717) is 22.5 Å². The molecule has 1 aliphatic carbocycles. The van der Waals surface area contributed by atoms with Crippen LogP contribution < -0.4 is 10.5 Å². The van der Waals surface area contributed by atoms with Gasteiger partial charge in [-0.25, -0.2) is 0 Å². The summed E-state index contributed by atoms with van der Waals surface area (Å²) in [7, 11) is 0. The van der Waals surface area contributed by atoms with Gasteiger partial charge in [-0.3, -0.25) is 5.10 Å². The molecule has 0 radical (unpaired) electrons. The number of H-pyrrole nitrogens is 1. The molecule has 4 nitrogen and oxygen atoms in total. The number of nitrogens with one attached hydrogen (secondary N) is 1. The third-order valence-electron chi connectivity index (χ3n) is 3.09. The Morgan fingerprint density at radius 2 is 2.22 bits per heavy atom. The number of halogens is 1. The van der Waals surface area contributed by atoms with Crippen molar-refractivity contribution in [2.45, 2.75) is 12.8 Å². The number of nitrogens with zero attached hydrogens (tertiary/aromatic N) is 1. The molecule has 1 aliphatic rings. The van der Waals surface area contributed by atoms with Crippen molar-refractivity contribution in [3.05, 3.63) is 29.4 Å². The summed E-state index contributed by atoms with van der Waals surface area (Å²) in [5.41, 5.74) is 7.45. The van der Waals surface area contributed by atoms with E-state index in [1.807, 2.05) is 18.2 Å². The van der Waals surface area contributed by atoms with E-state index in [0.717, 1.165) is 17.7 Å². The minimum atomic E-state index is 0.510. The first-order valence-corrected chi connectivity index (χ1v) is 6.34. The largest absolute Gasteiger partial charge is 0.492 e. The summed E-state index contributed by atoms with van der Waals surface area (Å²) >= 11 is 6.35. The standard InChI is InChI=1S/C13H14ClN3O/c14-12-9(10-6-16-17-13(10)15)2-1-3-11(12)18-7-8-4-5-8/h1-3,6,8H,4-5,7H2,(H3,15,16,17). The lowest BCUT2D eigenvalue weighted by Gasteiger charge is -2.10. The van der Waals surface area contributed by atoms with E-state index in [4.69, 9.17) is 22.1 Å². The minimum absolute atomic E-state index is 0.510. The normalized spacial score (nSPS) is 14.7. The number of aromatic nitrogens is 2. The van der Waals surface area contributed by atoms with E-state index in [-0.39, 0.29) is 0 Å². The van der Waals surface area contributed by atoms with E-state index in [2.05, 4.69) is 10.2 Å². The fourth-order valence-corrected chi connectivity index (χ4v) is 2.12. The highest BCUT2D eigenvalue weighted by atomic mass is 35.5. The van der Waals surface area contributed by atoms with Crippen molar-refractivity contribution in [1.82, 2.24) is 10.2 Å². The number of anilines is 1. The van der Waals surface area contributed by atoms with Crippen LogP contribution in [0.2, 0.25) is 5.02 Å². The summed E-state index contributed by atoms with van der Waals surface area (Å²) in [6.45, 7) is 0.740. The quantitative estimate of drug-likeness (QED) is 0.891. The highest BCUT2D eigenvalue weighted by Crippen LogP contribution is 2.38. The minimum Gasteiger partial charge on any atom is -0.492 e. The number of aromatic amines is 1. The average Bonchev–Trinajstić information content (AvgIpc) is 3.10. The van der Waals surface area contributed by atoms with Crippen LogP contribution in [0.15, 0.2) is 24.4 Å². The summed E-state index contributed by atoms with van der Waals surface area (Å²) < 4.78 is 5.74. The van der Waals surface area contributed by atoms with Crippen molar-refractivity contribution < 1.29 is 4.74 Å². The van der Waals surface area contributed by atoms with Crippen LogP contribution in [0, 0.1) is 5.92 Å². The lowest BCUT2D eigenvalue weighted by Crippen LogP contribution is -2.00. The molecule has 1 fully saturated rings. The van der Waals surface area contributed by atoms with Crippen molar-refractivity contribution in [2.75, 3.05) is 12.3 Å². The average molecular weight is 264 g/mol. The highest BCUT2D eigenvalue weighted by Gasteiger charge is 2.22. The third kappa shape index (κ3) is 2.16. The maximum Gasteiger partial charge on any atom is 0.138 e. The predicted octanol–water partition coefficient (Wildman–Crippen LogP) is 3.10. The molecule has 1 aromatic heterocycles. The summed E-state index contributed by atoms with van der Waals surface area (Å²) in [6.07, 6.45) is 4.18. The summed E-state index contributed by atoms with van der Waals surface area (Å²) in [5, 5.41) is 7.20. The number of hydrogen-bond acceptors (Lipinski definition) is 3. The molecule has 3 rings (SSSR count). The van der Waals surface area contributed by atoms with E-state index in [1.165, 1.54) is 12.8 Å². The van der Waals surface area contributed by atoms with Gasteiger partial charge in [0.2, 0.25) is 0 Å². The first kappa shape index (κ1) is 11.4. The lowest BCUT2D eigenvalue weighted by molar-refractivity contribution is 0.300. The van der Waals surface area contributed by atoms with Crippen LogP contribution in [0.5, 0.6) is 5.75 Å². The second-order valence-corrected chi connectivity index (χ2v) is 4.95. The topological polar surface area (TPSA) is 63.9 Å². The molecule has 0 amide bonds. The van der Waals surface area contributed by atoms with Gasteiger partial charge in [0.1, 0.15) is 11.6 Å². The Morgan fingerprint density at radius 3 is 2.89 bits per heavy atom. The van der Waals surface area contributed by atoms with Crippen molar-refractivity contribution >= 4 is 17.4 Å². The van der Waals surface area contributed by atoms with Gasteiger partial charge in [0, 0.05) is 11.1 Å². The molecule has 0 bridgehead atoms. The third-order valence-corrected chi connectivity index (χ3v) is 3.48. The fraction of sp³-hybridized carbons (Fsp3) is 0.308. The molecule has 0 aliphatic heterocycles. The monoisotopic (exact) mass is 263 g/mol. The molecule has 18 heavy (non-hydrogen) atoms. The van der Waals surface area contributed by atoms with Crippen molar-refractivity contribution in [1.29, 1.82) is 0 Å². The smallest absolute Gasteiger partial charge is 0.138 e. The predicted molar refractivity (Wildman–Crippen MR) is 71.7 cm³/mol. The van der Waals surface area contributed by atoms with E-state index < -0.39 is 0 Å². The SMILES string of the molecule is Nc1[nH]ncc1-c1cccc(OCC2CC2)c1Cl. The fourth-order valence-electron chi connectivity index (χ4n) is 1.83. The molecule has 5 heteroatoms. The molecule has 94 valence electrons. The zero-order chi connectivity index (χ0) is 12.5. The second kappa shape index (κ2) is 4.53. The second-order valence-electron chi connectivity index (χ2n) is 4.57. The van der Waals surface area contributed by atoms with Gasteiger partial charge in [0.05, 0.1) is 17.8 Å². The molecule has 0 unspecified atom stereocenters. The summed E-state index contributed by atoms with van der Waals surface area (Å²) in [5.74, 6) is 1.92. The number of rotatable bonds is 4. The van der Waals surface area contributed by atoms with Crippen LogP contribution in [-0.4, -0.2) is 16.8 Å². The van der Waals surface area contributed by atoms with Crippen molar-refractivity contribution in [2.24, 2.45) is 5.92 Å². The number of nitrogen functional groups attached to an aromatic ring is 1. The van der Waals surface area contributed by atoms with Crippen LogP contribution in [0.3, 0.4) is 0 Å². The van der Waals surface area contributed by atoms with Crippen molar-refractivity contribution in [3.8, 4) is 16.9 Å². The maximum absolute atomic E-state index is 6.35. The Balaban J connectivity index is 1.90. The number of ether oxygens (including phenoxy) is 1. The Labute approximate surface area is 110 Å². The van der Waals surface area contributed by atoms with Gasteiger partial charge in [-0.1, -0.05) is 23.7 Å². The van der Waals surface area contributed by atoms with E-state index >= 15 is 0 Å². The molecular weight excluding hydrogens is 250 g/mol. The highest BCUT2D eigenvalue weighted by molar-refractivity contribution is 6.35. The van der Waals surface area contributed by atoms with Crippen LogP contribution in [0.4, 0.5) is 5.82 Å². The summed E-state index contributed by atoms with van der Waals surface area (Å²) in [4.78, 5) is 0. The van der Waals surface area contributed by atoms with Crippen LogP contribution >= 0.6 is 11.6 Å². The Morgan fingerprint density at radius 1 is 1.39 bits per heavy atom. The van der Waals surface area contributed by atoms with Gasteiger partial charge >= 0.3 is 0 Å². The van der Waals surface area contributed by atoms with Gasteiger partial charge in [0.25, 0.3) is 0 Å². The maximum atomic E-state index is 6.35.